The van der Waals surface area contributed by atoms with Crippen molar-refractivity contribution in [3.63, 3.8) is 0 Å². The van der Waals surface area contributed by atoms with Crippen LogP contribution in [-0.4, -0.2) is 55.6 Å². The maximum absolute atomic E-state index is 16.0. The smallest absolute Gasteiger partial charge is 0.366 e. The van der Waals surface area contributed by atoms with E-state index in [2.05, 4.69) is 4.98 Å². The molecule has 3 fully saturated rings. The molecule has 2 atom stereocenters. The van der Waals surface area contributed by atoms with E-state index < -0.39 is 17.4 Å². The minimum absolute atomic E-state index is 0.0276. The predicted octanol–water partition coefficient (Wildman–Crippen LogP) is 6.76. The average Bonchev–Trinajstić information content (AvgIpc) is 3.38. The number of hydrogen-bond acceptors (Lipinski definition) is 4. The number of carbonyl (C=O) groups is 1. The lowest BCUT2D eigenvalue weighted by atomic mass is 9.85. The number of piperidine rings is 1. The topological polar surface area (TPSA) is 60.2 Å². The molecule has 3 saturated heterocycles. The van der Waals surface area contributed by atoms with E-state index in [-0.39, 0.29) is 53.6 Å². The number of pyridine rings is 1. The van der Waals surface area contributed by atoms with E-state index in [1.54, 1.807) is 47.6 Å². The minimum Gasteiger partial charge on any atom is -0.366 e. The summed E-state index contributed by atoms with van der Waals surface area (Å²) in [7, 11) is 1.85. The first kappa shape index (κ1) is 29.1. The van der Waals surface area contributed by atoms with Crippen LogP contribution in [0.5, 0.6) is 0 Å². The molecule has 6 nitrogen and oxygen atoms in total. The van der Waals surface area contributed by atoms with Crippen molar-refractivity contribution >= 4 is 17.3 Å². The SMILES string of the molecule is C[N+]1(c2c(C(F)(F)F)ccc(C(=O)N3CCC(F)(c4ccc(C#N)cc4)CC3)c2N2CCC2)CCCC1c1cccnc1. The van der Waals surface area contributed by atoms with Crippen molar-refractivity contribution in [3.05, 3.63) is 88.7 Å². The quantitative estimate of drug-likeness (QED) is 0.243. The highest BCUT2D eigenvalue weighted by molar-refractivity contribution is 6.03. The van der Waals surface area contributed by atoms with Crippen LogP contribution in [0.15, 0.2) is 60.9 Å². The van der Waals surface area contributed by atoms with E-state index in [1.807, 2.05) is 24.1 Å². The van der Waals surface area contributed by atoms with E-state index in [0.29, 0.717) is 42.9 Å². The van der Waals surface area contributed by atoms with Gasteiger partial charge in [0, 0.05) is 69.8 Å². The number of quaternary nitrogens is 1. The summed E-state index contributed by atoms with van der Waals surface area (Å²) in [6.07, 6.45) is 1.17. The van der Waals surface area contributed by atoms with Crippen LogP contribution in [0.25, 0.3) is 0 Å². The molecule has 4 heterocycles. The highest BCUT2D eigenvalue weighted by Gasteiger charge is 2.51. The van der Waals surface area contributed by atoms with Gasteiger partial charge in [-0.1, -0.05) is 18.2 Å². The van der Waals surface area contributed by atoms with E-state index in [4.69, 9.17) is 5.26 Å². The summed E-state index contributed by atoms with van der Waals surface area (Å²) in [4.78, 5) is 21.8. The molecule has 0 N–H and O–H groups in total. The Morgan fingerprint density at radius 1 is 1.05 bits per heavy atom. The first-order valence-electron chi connectivity index (χ1n) is 14.8. The molecule has 224 valence electrons. The van der Waals surface area contributed by atoms with Crippen LogP contribution in [0.4, 0.5) is 28.9 Å². The van der Waals surface area contributed by atoms with Crippen molar-refractivity contribution in [2.75, 3.05) is 44.7 Å². The normalized spacial score (nSPS) is 23.5. The van der Waals surface area contributed by atoms with Gasteiger partial charge in [-0.15, -0.1) is 0 Å². The van der Waals surface area contributed by atoms with Gasteiger partial charge in [-0.25, -0.2) is 4.39 Å². The van der Waals surface area contributed by atoms with Crippen molar-refractivity contribution in [1.29, 1.82) is 5.26 Å². The second-order valence-electron chi connectivity index (χ2n) is 12.1. The number of nitriles is 1. The number of aromatic nitrogens is 1. The number of alkyl halides is 4. The lowest BCUT2D eigenvalue weighted by Gasteiger charge is -2.44. The van der Waals surface area contributed by atoms with Crippen molar-refractivity contribution in [1.82, 2.24) is 14.4 Å². The van der Waals surface area contributed by atoms with Gasteiger partial charge in [0.25, 0.3) is 5.91 Å². The van der Waals surface area contributed by atoms with Gasteiger partial charge < -0.3 is 9.80 Å². The third-order valence-electron chi connectivity index (χ3n) is 9.60. The number of rotatable bonds is 5. The van der Waals surface area contributed by atoms with Crippen molar-refractivity contribution in [3.8, 4) is 6.07 Å². The summed E-state index contributed by atoms with van der Waals surface area (Å²) >= 11 is 0. The third-order valence-corrected chi connectivity index (χ3v) is 9.60. The first-order chi connectivity index (χ1) is 20.5. The van der Waals surface area contributed by atoms with Gasteiger partial charge in [0.1, 0.15) is 23.0 Å². The molecule has 3 aromatic rings. The molecule has 3 aliphatic heterocycles. The van der Waals surface area contributed by atoms with Crippen LogP contribution < -0.4 is 9.38 Å². The summed E-state index contributed by atoms with van der Waals surface area (Å²) in [5.74, 6) is -0.373. The van der Waals surface area contributed by atoms with Gasteiger partial charge in [0.05, 0.1) is 30.8 Å². The summed E-state index contributed by atoms with van der Waals surface area (Å²) < 4.78 is 60.3. The van der Waals surface area contributed by atoms with E-state index in [0.717, 1.165) is 24.5 Å². The third kappa shape index (κ3) is 5.14. The Balaban J connectivity index is 1.39. The molecule has 0 aliphatic carbocycles. The molecule has 1 aromatic heterocycles. The zero-order valence-electron chi connectivity index (χ0n) is 24.1. The molecule has 10 heteroatoms. The fourth-order valence-corrected chi connectivity index (χ4v) is 7.12. The molecule has 0 bridgehead atoms. The lowest BCUT2D eigenvalue weighted by molar-refractivity contribution is -0.138. The van der Waals surface area contributed by atoms with Crippen molar-refractivity contribution in [2.24, 2.45) is 0 Å². The van der Waals surface area contributed by atoms with Gasteiger partial charge >= 0.3 is 6.18 Å². The van der Waals surface area contributed by atoms with Crippen LogP contribution in [0.1, 0.15) is 70.8 Å². The number of nitrogens with zero attached hydrogens (tertiary/aromatic N) is 5. The van der Waals surface area contributed by atoms with Crippen LogP contribution in [0.2, 0.25) is 0 Å². The molecule has 1 amide bonds. The maximum Gasteiger partial charge on any atom is 0.422 e. The summed E-state index contributed by atoms with van der Waals surface area (Å²) in [5, 5.41) is 9.07. The second-order valence-corrected chi connectivity index (χ2v) is 12.1. The first-order valence-corrected chi connectivity index (χ1v) is 14.8. The van der Waals surface area contributed by atoms with Gasteiger partial charge in [-0.3, -0.25) is 14.3 Å². The van der Waals surface area contributed by atoms with Crippen LogP contribution >= 0.6 is 0 Å². The Hall–Kier alpha value is -3.97. The fourth-order valence-electron chi connectivity index (χ4n) is 7.12. The number of hydrogen-bond donors (Lipinski definition) is 0. The van der Waals surface area contributed by atoms with Gasteiger partial charge in [-0.2, -0.15) is 18.4 Å². The summed E-state index contributed by atoms with van der Waals surface area (Å²) in [5.41, 5.74) is 0.144. The molecule has 2 unspecified atom stereocenters. The Morgan fingerprint density at radius 2 is 1.77 bits per heavy atom. The zero-order chi connectivity index (χ0) is 30.4. The Bertz CT molecular complexity index is 1540. The van der Waals surface area contributed by atoms with E-state index >= 15 is 4.39 Å². The highest BCUT2D eigenvalue weighted by Crippen LogP contribution is 2.53. The second kappa shape index (κ2) is 10.9. The summed E-state index contributed by atoms with van der Waals surface area (Å²) in [6, 6.07) is 14.3. The number of amides is 1. The molecular weight excluding hydrogens is 558 g/mol. The molecule has 6 rings (SSSR count). The fraction of sp³-hybridized carbons (Fsp3) is 0.424. The van der Waals surface area contributed by atoms with Crippen LogP contribution in [-0.2, 0) is 11.8 Å². The van der Waals surface area contributed by atoms with Crippen LogP contribution in [0, 0.1) is 11.3 Å². The lowest BCUT2D eigenvalue weighted by Crippen LogP contribution is -2.49. The van der Waals surface area contributed by atoms with Crippen molar-refractivity contribution in [2.45, 2.75) is 50.0 Å². The zero-order valence-corrected chi connectivity index (χ0v) is 24.1. The molecule has 0 saturated carbocycles. The summed E-state index contributed by atoms with van der Waals surface area (Å²) in [6.45, 7) is 1.90. The Labute approximate surface area is 248 Å². The van der Waals surface area contributed by atoms with Gasteiger partial charge in [0.15, 0.2) is 5.69 Å². The van der Waals surface area contributed by atoms with Gasteiger partial charge in [0.2, 0.25) is 0 Å². The van der Waals surface area contributed by atoms with Crippen molar-refractivity contribution < 1.29 is 22.4 Å². The number of benzene rings is 2. The average molecular weight is 593 g/mol. The molecule has 3 aliphatic rings. The standard InChI is InChI=1S/C33H34F4N5O/c1-42(20-3-6-28(42)24-5-2-15-39-22-24)30-27(33(35,36)37)12-11-26(29(30)40-16-4-17-40)31(43)41-18-13-32(34,14-19-41)25-9-7-23(21-38)8-10-25/h2,5,7-12,15,22,28H,3-4,6,13-14,16-20H2,1H3/q+1. The molecule has 0 radical (unpaired) electrons. The number of likely N-dealkylation sites (tertiary alicyclic amines) is 2. The molecule has 2 aromatic carbocycles. The van der Waals surface area contributed by atoms with Gasteiger partial charge in [-0.05, 0) is 42.3 Å². The number of carbonyl (C=O) groups excluding carboxylic acids is 1. The maximum atomic E-state index is 16.0. The molecule has 0 spiro atoms. The molecular formula is C33H34F4N5O+. The highest BCUT2D eigenvalue weighted by atomic mass is 19.4. The largest absolute Gasteiger partial charge is 0.422 e. The van der Waals surface area contributed by atoms with E-state index in [9.17, 15) is 18.0 Å². The predicted molar refractivity (Wildman–Crippen MR) is 156 cm³/mol. The molecule has 43 heavy (non-hydrogen) atoms. The monoisotopic (exact) mass is 592 g/mol. The number of halogens is 4. The minimum atomic E-state index is -4.61. The Kier molecular flexibility index (Phi) is 7.41. The van der Waals surface area contributed by atoms with E-state index in [1.165, 1.54) is 6.07 Å². The number of anilines is 1. The Morgan fingerprint density at radius 3 is 2.35 bits per heavy atom. The van der Waals surface area contributed by atoms with Crippen LogP contribution in [0.3, 0.4) is 0 Å².